The Labute approximate surface area is 112 Å². The molecule has 2 rings (SSSR count). The molecule has 16 heavy (non-hydrogen) atoms. The SMILES string of the molecule is CCCNCC1CC1(C)c1ccc(I)cc1. The summed E-state index contributed by atoms with van der Waals surface area (Å²) in [5.74, 6) is 0.833. The molecular formula is C14H20IN. The van der Waals surface area contributed by atoms with Gasteiger partial charge in [0.05, 0.1) is 0 Å². The first kappa shape index (κ1) is 12.4. The summed E-state index contributed by atoms with van der Waals surface area (Å²) in [6.45, 7) is 6.95. The molecule has 0 radical (unpaired) electrons. The van der Waals surface area contributed by atoms with E-state index < -0.39 is 0 Å². The van der Waals surface area contributed by atoms with Crippen LogP contribution < -0.4 is 5.32 Å². The zero-order chi connectivity index (χ0) is 11.6. The molecule has 2 atom stereocenters. The van der Waals surface area contributed by atoms with Crippen LogP contribution in [0.1, 0.15) is 32.3 Å². The third-order valence-electron chi connectivity index (χ3n) is 3.73. The molecular weight excluding hydrogens is 309 g/mol. The fraction of sp³-hybridized carbons (Fsp3) is 0.571. The molecule has 1 saturated carbocycles. The van der Waals surface area contributed by atoms with Crippen LogP contribution in [0.25, 0.3) is 0 Å². The highest BCUT2D eigenvalue weighted by Gasteiger charge is 2.50. The minimum atomic E-state index is 0.436. The summed E-state index contributed by atoms with van der Waals surface area (Å²) in [5.41, 5.74) is 1.95. The number of hydrogen-bond donors (Lipinski definition) is 1. The van der Waals surface area contributed by atoms with Gasteiger partial charge in [0.1, 0.15) is 0 Å². The Bertz CT molecular complexity index is 346. The maximum absolute atomic E-state index is 3.53. The minimum Gasteiger partial charge on any atom is -0.316 e. The Morgan fingerprint density at radius 3 is 2.69 bits per heavy atom. The van der Waals surface area contributed by atoms with E-state index in [1.807, 2.05) is 0 Å². The zero-order valence-corrected chi connectivity index (χ0v) is 12.3. The van der Waals surface area contributed by atoms with Gasteiger partial charge in [0.2, 0.25) is 0 Å². The normalized spacial score (nSPS) is 28.1. The maximum atomic E-state index is 3.53. The number of halogens is 1. The topological polar surface area (TPSA) is 12.0 Å². The van der Waals surface area contributed by atoms with Crippen LogP contribution in [0.3, 0.4) is 0 Å². The van der Waals surface area contributed by atoms with Crippen molar-refractivity contribution in [2.24, 2.45) is 5.92 Å². The van der Waals surface area contributed by atoms with Crippen LogP contribution in [-0.4, -0.2) is 13.1 Å². The van der Waals surface area contributed by atoms with E-state index in [0.717, 1.165) is 12.5 Å². The monoisotopic (exact) mass is 329 g/mol. The molecule has 88 valence electrons. The van der Waals surface area contributed by atoms with E-state index in [1.54, 1.807) is 0 Å². The molecule has 0 spiro atoms. The van der Waals surface area contributed by atoms with Crippen LogP contribution >= 0.6 is 22.6 Å². The van der Waals surface area contributed by atoms with E-state index in [0.29, 0.717) is 5.41 Å². The van der Waals surface area contributed by atoms with E-state index in [1.165, 1.54) is 28.5 Å². The molecule has 1 nitrogen and oxygen atoms in total. The van der Waals surface area contributed by atoms with Crippen molar-refractivity contribution in [1.29, 1.82) is 0 Å². The second-order valence-electron chi connectivity index (χ2n) is 5.03. The van der Waals surface area contributed by atoms with Crippen LogP contribution in [0.5, 0.6) is 0 Å². The third kappa shape index (κ3) is 2.59. The summed E-state index contributed by atoms with van der Waals surface area (Å²) in [5, 5.41) is 3.53. The van der Waals surface area contributed by atoms with Gasteiger partial charge >= 0.3 is 0 Å². The van der Waals surface area contributed by atoms with Crippen molar-refractivity contribution >= 4 is 22.6 Å². The lowest BCUT2D eigenvalue weighted by Gasteiger charge is -2.12. The maximum Gasteiger partial charge on any atom is 0.0130 e. The summed E-state index contributed by atoms with van der Waals surface area (Å²) in [7, 11) is 0. The Kier molecular flexibility index (Phi) is 3.90. The molecule has 2 heteroatoms. The molecule has 1 aromatic rings. The van der Waals surface area contributed by atoms with E-state index in [-0.39, 0.29) is 0 Å². The lowest BCUT2D eigenvalue weighted by Crippen LogP contribution is -2.20. The number of benzene rings is 1. The fourth-order valence-electron chi connectivity index (χ4n) is 2.39. The molecule has 0 aromatic heterocycles. The number of rotatable bonds is 5. The molecule has 1 N–H and O–H groups in total. The van der Waals surface area contributed by atoms with Gasteiger partial charge < -0.3 is 5.32 Å². The quantitative estimate of drug-likeness (QED) is 0.643. The highest BCUT2D eigenvalue weighted by molar-refractivity contribution is 14.1. The van der Waals surface area contributed by atoms with Gasteiger partial charge in [0, 0.05) is 3.57 Å². The van der Waals surface area contributed by atoms with Crippen molar-refractivity contribution in [3.8, 4) is 0 Å². The Hall–Kier alpha value is -0.0900. The van der Waals surface area contributed by atoms with Crippen molar-refractivity contribution in [2.45, 2.75) is 32.1 Å². The lowest BCUT2D eigenvalue weighted by atomic mass is 9.95. The van der Waals surface area contributed by atoms with Crippen LogP contribution in [-0.2, 0) is 5.41 Å². The van der Waals surface area contributed by atoms with Crippen molar-refractivity contribution in [3.05, 3.63) is 33.4 Å². The molecule has 1 aromatic carbocycles. The Balaban J connectivity index is 1.93. The minimum absolute atomic E-state index is 0.436. The van der Waals surface area contributed by atoms with Crippen LogP contribution in [0.2, 0.25) is 0 Å². The largest absolute Gasteiger partial charge is 0.316 e. The summed E-state index contributed by atoms with van der Waals surface area (Å²) in [6.07, 6.45) is 2.57. The fourth-order valence-corrected chi connectivity index (χ4v) is 2.75. The average Bonchev–Trinajstić information content (AvgIpc) is 2.92. The van der Waals surface area contributed by atoms with Crippen molar-refractivity contribution < 1.29 is 0 Å². The smallest absolute Gasteiger partial charge is 0.0130 e. The predicted molar refractivity (Wildman–Crippen MR) is 77.8 cm³/mol. The second kappa shape index (κ2) is 5.05. The van der Waals surface area contributed by atoms with Gasteiger partial charge in [-0.1, -0.05) is 26.0 Å². The molecule has 0 saturated heterocycles. The molecule has 0 aliphatic heterocycles. The van der Waals surface area contributed by atoms with Gasteiger partial charge in [0.15, 0.2) is 0 Å². The van der Waals surface area contributed by atoms with E-state index in [2.05, 4.69) is 66.0 Å². The molecule has 2 unspecified atom stereocenters. The first-order valence-electron chi connectivity index (χ1n) is 6.13. The van der Waals surface area contributed by atoms with E-state index in [9.17, 15) is 0 Å². The standard InChI is InChI=1S/C14H20IN/c1-3-8-16-10-12-9-14(12,2)11-4-6-13(15)7-5-11/h4-7,12,16H,3,8-10H2,1-2H3. The van der Waals surface area contributed by atoms with Gasteiger partial charge in [0.25, 0.3) is 0 Å². The summed E-state index contributed by atoms with van der Waals surface area (Å²) in [6, 6.07) is 9.02. The third-order valence-corrected chi connectivity index (χ3v) is 4.45. The second-order valence-corrected chi connectivity index (χ2v) is 6.28. The van der Waals surface area contributed by atoms with Crippen molar-refractivity contribution in [2.75, 3.05) is 13.1 Å². The molecule has 1 fully saturated rings. The van der Waals surface area contributed by atoms with Gasteiger partial charge in [-0.05, 0) is 77.6 Å². The van der Waals surface area contributed by atoms with Crippen LogP contribution in [0.4, 0.5) is 0 Å². The van der Waals surface area contributed by atoms with Gasteiger partial charge in [-0.2, -0.15) is 0 Å². The predicted octanol–water partition coefficient (Wildman–Crippen LogP) is 3.57. The van der Waals surface area contributed by atoms with Crippen LogP contribution in [0, 0.1) is 9.49 Å². The zero-order valence-electron chi connectivity index (χ0n) is 10.1. The van der Waals surface area contributed by atoms with Crippen molar-refractivity contribution in [3.63, 3.8) is 0 Å². The number of hydrogen-bond acceptors (Lipinski definition) is 1. The first-order chi connectivity index (χ1) is 7.66. The average molecular weight is 329 g/mol. The van der Waals surface area contributed by atoms with Gasteiger partial charge in [-0.3, -0.25) is 0 Å². The lowest BCUT2D eigenvalue weighted by molar-refractivity contribution is 0.575. The summed E-state index contributed by atoms with van der Waals surface area (Å²) >= 11 is 2.37. The van der Waals surface area contributed by atoms with Gasteiger partial charge in [-0.25, -0.2) is 0 Å². The highest BCUT2D eigenvalue weighted by Crippen LogP contribution is 2.53. The van der Waals surface area contributed by atoms with Crippen LogP contribution in [0.15, 0.2) is 24.3 Å². The molecule has 0 amide bonds. The molecule has 1 aliphatic carbocycles. The van der Waals surface area contributed by atoms with E-state index in [4.69, 9.17) is 0 Å². The Morgan fingerprint density at radius 2 is 2.06 bits per heavy atom. The van der Waals surface area contributed by atoms with E-state index >= 15 is 0 Å². The molecule has 0 heterocycles. The highest BCUT2D eigenvalue weighted by atomic mass is 127. The van der Waals surface area contributed by atoms with Crippen molar-refractivity contribution in [1.82, 2.24) is 5.32 Å². The van der Waals surface area contributed by atoms with Gasteiger partial charge in [-0.15, -0.1) is 0 Å². The molecule has 1 aliphatic rings. The first-order valence-corrected chi connectivity index (χ1v) is 7.21. The summed E-state index contributed by atoms with van der Waals surface area (Å²) in [4.78, 5) is 0. The number of nitrogens with one attached hydrogen (secondary N) is 1. The molecule has 0 bridgehead atoms. The Morgan fingerprint density at radius 1 is 1.38 bits per heavy atom. The summed E-state index contributed by atoms with van der Waals surface area (Å²) < 4.78 is 1.33.